The second-order valence-electron chi connectivity index (χ2n) is 5.27. The monoisotopic (exact) mass is 272 g/mol. The average molecular weight is 272 g/mol. The number of thiophene rings is 1. The van der Waals surface area contributed by atoms with Gasteiger partial charge in [0.2, 0.25) is 0 Å². The highest BCUT2D eigenvalue weighted by atomic mass is 32.1. The summed E-state index contributed by atoms with van der Waals surface area (Å²) < 4.78 is 0. The smallest absolute Gasteiger partial charge is 0.0372 e. The summed E-state index contributed by atoms with van der Waals surface area (Å²) >= 11 is 1.85. The molecule has 0 saturated carbocycles. The summed E-state index contributed by atoms with van der Waals surface area (Å²) in [6.07, 6.45) is 1.18. The van der Waals surface area contributed by atoms with E-state index in [0.29, 0.717) is 5.92 Å². The minimum Gasteiger partial charge on any atom is -0.384 e. The van der Waals surface area contributed by atoms with Crippen LogP contribution in [0, 0.1) is 12.8 Å². The van der Waals surface area contributed by atoms with E-state index in [0.717, 1.165) is 19.6 Å². The van der Waals surface area contributed by atoms with Crippen LogP contribution in [0.4, 0.5) is 5.69 Å². The molecule has 19 heavy (non-hydrogen) atoms. The summed E-state index contributed by atoms with van der Waals surface area (Å²) in [4.78, 5) is 1.46. The number of rotatable bonds is 4. The molecule has 0 amide bonds. The van der Waals surface area contributed by atoms with Crippen LogP contribution in [0.5, 0.6) is 0 Å². The molecule has 1 aliphatic rings. The first-order valence-electron chi connectivity index (χ1n) is 6.88. The summed E-state index contributed by atoms with van der Waals surface area (Å²) in [6, 6.07) is 10.8. The van der Waals surface area contributed by atoms with Gasteiger partial charge in [0.15, 0.2) is 0 Å². The highest BCUT2D eigenvalue weighted by Crippen LogP contribution is 2.24. The number of nitrogens with one attached hydrogen (secondary N) is 2. The molecule has 1 atom stereocenters. The molecule has 0 bridgehead atoms. The molecule has 0 saturated heterocycles. The van der Waals surface area contributed by atoms with Gasteiger partial charge in [0.05, 0.1) is 0 Å². The van der Waals surface area contributed by atoms with Crippen molar-refractivity contribution in [2.45, 2.75) is 19.9 Å². The Kier molecular flexibility index (Phi) is 3.85. The lowest BCUT2D eigenvalue weighted by molar-refractivity contribution is 0.484. The third kappa shape index (κ3) is 2.99. The maximum absolute atomic E-state index is 3.60. The standard InChI is InChI=1S/C16H20N2S/c1-12-6-7-19-16(12)11-17-9-13-8-14-4-2-3-5-15(14)18-10-13/h2-7,13,17-18H,8-11H2,1H3. The van der Waals surface area contributed by atoms with Crippen LogP contribution in [0.25, 0.3) is 0 Å². The van der Waals surface area contributed by atoms with E-state index >= 15 is 0 Å². The Labute approximate surface area is 118 Å². The van der Waals surface area contributed by atoms with Crippen molar-refractivity contribution in [1.29, 1.82) is 0 Å². The topological polar surface area (TPSA) is 24.1 Å². The Morgan fingerprint density at radius 2 is 2.21 bits per heavy atom. The van der Waals surface area contributed by atoms with Crippen LogP contribution < -0.4 is 10.6 Å². The van der Waals surface area contributed by atoms with Gasteiger partial charge in [-0.05, 0) is 47.9 Å². The lowest BCUT2D eigenvalue weighted by Crippen LogP contribution is -2.32. The van der Waals surface area contributed by atoms with Gasteiger partial charge in [-0.2, -0.15) is 0 Å². The molecule has 1 aromatic heterocycles. The molecule has 0 fully saturated rings. The first kappa shape index (κ1) is 12.7. The average Bonchev–Trinajstić information content (AvgIpc) is 2.84. The summed E-state index contributed by atoms with van der Waals surface area (Å²) in [7, 11) is 0. The van der Waals surface area contributed by atoms with Gasteiger partial charge in [-0.15, -0.1) is 11.3 Å². The molecular formula is C16H20N2S. The molecule has 2 nitrogen and oxygen atoms in total. The second-order valence-corrected chi connectivity index (χ2v) is 6.27. The maximum atomic E-state index is 3.60. The fourth-order valence-electron chi connectivity index (χ4n) is 2.63. The normalized spacial score (nSPS) is 17.8. The van der Waals surface area contributed by atoms with Crippen LogP contribution in [-0.4, -0.2) is 13.1 Å². The van der Waals surface area contributed by atoms with Gasteiger partial charge in [-0.3, -0.25) is 0 Å². The van der Waals surface area contributed by atoms with Crippen molar-refractivity contribution < 1.29 is 0 Å². The highest BCUT2D eigenvalue weighted by Gasteiger charge is 2.17. The van der Waals surface area contributed by atoms with Gasteiger partial charge in [-0.25, -0.2) is 0 Å². The quantitative estimate of drug-likeness (QED) is 0.891. The van der Waals surface area contributed by atoms with E-state index in [1.54, 1.807) is 0 Å². The molecule has 1 unspecified atom stereocenters. The summed E-state index contributed by atoms with van der Waals surface area (Å²) in [6.45, 7) is 5.35. The third-order valence-electron chi connectivity index (χ3n) is 3.79. The van der Waals surface area contributed by atoms with Crippen LogP contribution in [0.2, 0.25) is 0 Å². The summed E-state index contributed by atoms with van der Waals surface area (Å²) in [5.74, 6) is 0.690. The minimum absolute atomic E-state index is 0.690. The SMILES string of the molecule is Cc1ccsc1CNCC1CNc2ccccc2C1. The van der Waals surface area contributed by atoms with Crippen LogP contribution in [-0.2, 0) is 13.0 Å². The molecule has 3 heteroatoms. The summed E-state index contributed by atoms with van der Waals surface area (Å²) in [5.41, 5.74) is 4.17. The Morgan fingerprint density at radius 3 is 3.05 bits per heavy atom. The first-order chi connectivity index (χ1) is 9.33. The van der Waals surface area contributed by atoms with E-state index in [-0.39, 0.29) is 0 Å². The molecule has 2 N–H and O–H groups in total. The number of aryl methyl sites for hydroxylation is 1. The van der Waals surface area contributed by atoms with Crippen molar-refractivity contribution in [3.8, 4) is 0 Å². The Balaban J connectivity index is 1.51. The molecule has 100 valence electrons. The molecule has 0 spiro atoms. The van der Waals surface area contributed by atoms with Gasteiger partial charge in [-0.1, -0.05) is 18.2 Å². The Hall–Kier alpha value is -1.32. The van der Waals surface area contributed by atoms with Crippen molar-refractivity contribution in [2.24, 2.45) is 5.92 Å². The molecule has 2 heterocycles. The first-order valence-corrected chi connectivity index (χ1v) is 7.76. The van der Waals surface area contributed by atoms with Crippen molar-refractivity contribution in [3.63, 3.8) is 0 Å². The van der Waals surface area contributed by atoms with Crippen molar-refractivity contribution in [1.82, 2.24) is 5.32 Å². The predicted octanol–water partition coefficient (Wildman–Crippen LogP) is 3.43. The fourth-order valence-corrected chi connectivity index (χ4v) is 3.50. The predicted molar refractivity (Wildman–Crippen MR) is 82.9 cm³/mol. The van der Waals surface area contributed by atoms with E-state index in [1.807, 2.05) is 11.3 Å². The number of hydrogen-bond donors (Lipinski definition) is 2. The zero-order valence-corrected chi connectivity index (χ0v) is 12.1. The van der Waals surface area contributed by atoms with Crippen molar-refractivity contribution in [3.05, 3.63) is 51.7 Å². The number of hydrogen-bond acceptors (Lipinski definition) is 3. The van der Waals surface area contributed by atoms with E-state index < -0.39 is 0 Å². The number of anilines is 1. The van der Waals surface area contributed by atoms with Gasteiger partial charge >= 0.3 is 0 Å². The second kappa shape index (κ2) is 5.76. The zero-order valence-electron chi connectivity index (χ0n) is 11.3. The van der Waals surface area contributed by atoms with E-state index in [2.05, 4.69) is 53.3 Å². The van der Waals surface area contributed by atoms with Crippen molar-refractivity contribution in [2.75, 3.05) is 18.4 Å². The number of benzene rings is 1. The molecule has 0 aliphatic carbocycles. The lowest BCUT2D eigenvalue weighted by atomic mass is 9.94. The van der Waals surface area contributed by atoms with E-state index in [4.69, 9.17) is 0 Å². The largest absolute Gasteiger partial charge is 0.384 e. The molecule has 2 aromatic rings. The number of fused-ring (bicyclic) bond motifs is 1. The lowest BCUT2D eigenvalue weighted by Gasteiger charge is -2.26. The fraction of sp³-hybridized carbons (Fsp3) is 0.375. The van der Waals surface area contributed by atoms with Crippen LogP contribution >= 0.6 is 11.3 Å². The molecule has 3 rings (SSSR count). The van der Waals surface area contributed by atoms with E-state index in [9.17, 15) is 0 Å². The van der Waals surface area contributed by atoms with Crippen LogP contribution in [0.15, 0.2) is 35.7 Å². The Morgan fingerprint density at radius 1 is 1.32 bits per heavy atom. The summed E-state index contributed by atoms with van der Waals surface area (Å²) in [5, 5.41) is 9.30. The van der Waals surface area contributed by atoms with Crippen molar-refractivity contribution >= 4 is 17.0 Å². The molecule has 1 aliphatic heterocycles. The van der Waals surface area contributed by atoms with Gasteiger partial charge in [0.25, 0.3) is 0 Å². The number of para-hydroxylation sites is 1. The molecule has 1 aromatic carbocycles. The van der Waals surface area contributed by atoms with Gasteiger partial charge in [0, 0.05) is 30.2 Å². The zero-order chi connectivity index (χ0) is 13.1. The Bertz CT molecular complexity index is 547. The van der Waals surface area contributed by atoms with Crippen LogP contribution in [0.1, 0.15) is 16.0 Å². The highest BCUT2D eigenvalue weighted by molar-refractivity contribution is 7.10. The van der Waals surface area contributed by atoms with Gasteiger partial charge < -0.3 is 10.6 Å². The maximum Gasteiger partial charge on any atom is 0.0372 e. The molecular weight excluding hydrogens is 252 g/mol. The third-order valence-corrected chi connectivity index (χ3v) is 4.82. The van der Waals surface area contributed by atoms with Crippen LogP contribution in [0.3, 0.4) is 0 Å². The van der Waals surface area contributed by atoms with Gasteiger partial charge in [0.1, 0.15) is 0 Å². The van der Waals surface area contributed by atoms with E-state index in [1.165, 1.54) is 28.1 Å². The molecule has 0 radical (unpaired) electrons. The minimum atomic E-state index is 0.690.